The average molecular weight is 266 g/mol. The second-order valence-corrected chi connectivity index (χ2v) is 4.43. The summed E-state index contributed by atoms with van der Waals surface area (Å²) >= 11 is 0. The Balaban J connectivity index is 1.84. The van der Waals surface area contributed by atoms with E-state index in [4.69, 9.17) is 4.74 Å². The summed E-state index contributed by atoms with van der Waals surface area (Å²) in [5.74, 6) is -2.70. The normalized spacial score (nSPS) is 24.6. The Morgan fingerprint density at radius 2 is 2.00 bits per heavy atom. The molecule has 0 heterocycles. The highest BCUT2D eigenvalue weighted by Gasteiger charge is 2.67. The van der Waals surface area contributed by atoms with Crippen LogP contribution in [-0.2, 0) is 25.7 Å². The van der Waals surface area contributed by atoms with E-state index in [0.717, 1.165) is 5.56 Å². The summed E-state index contributed by atoms with van der Waals surface area (Å²) in [4.78, 5) is 22.9. The van der Waals surface area contributed by atoms with Crippen LogP contribution in [0.3, 0.4) is 0 Å². The van der Waals surface area contributed by atoms with Gasteiger partial charge in [0, 0.05) is 6.42 Å². The quantitative estimate of drug-likeness (QED) is 0.765. The zero-order valence-corrected chi connectivity index (χ0v) is 10.6. The van der Waals surface area contributed by atoms with Crippen LogP contribution in [0.5, 0.6) is 0 Å². The molecule has 1 aliphatic carbocycles. The topological polar surface area (TPSA) is 52.6 Å². The Morgan fingerprint density at radius 3 is 2.63 bits per heavy atom. The van der Waals surface area contributed by atoms with Crippen LogP contribution in [0.25, 0.3) is 0 Å². The minimum absolute atomic E-state index is 0.0785. The summed E-state index contributed by atoms with van der Waals surface area (Å²) in [5.41, 5.74) is -1.37. The van der Waals surface area contributed by atoms with Crippen molar-refractivity contribution in [3.63, 3.8) is 0 Å². The second-order valence-electron chi connectivity index (χ2n) is 4.43. The van der Waals surface area contributed by atoms with Crippen LogP contribution < -0.4 is 0 Å². The molecule has 0 bridgehead atoms. The van der Waals surface area contributed by atoms with Crippen LogP contribution in [0.4, 0.5) is 4.39 Å². The van der Waals surface area contributed by atoms with E-state index in [1.165, 1.54) is 0 Å². The SMILES string of the molecule is CCOC(=O)C1(F)CC1C(=O)OCc1ccccc1. The molecular formula is C14H15FO4. The molecule has 0 radical (unpaired) electrons. The number of halogens is 1. The van der Waals surface area contributed by atoms with Crippen molar-refractivity contribution in [1.82, 2.24) is 0 Å². The highest BCUT2D eigenvalue weighted by atomic mass is 19.1. The first-order valence-electron chi connectivity index (χ1n) is 6.14. The van der Waals surface area contributed by atoms with Crippen LogP contribution in [0.15, 0.2) is 30.3 Å². The third-order valence-corrected chi connectivity index (χ3v) is 3.02. The molecule has 0 amide bonds. The molecule has 0 aromatic heterocycles. The maximum Gasteiger partial charge on any atom is 0.344 e. The summed E-state index contributed by atoms with van der Waals surface area (Å²) < 4.78 is 23.5. The van der Waals surface area contributed by atoms with E-state index < -0.39 is 23.5 Å². The molecule has 4 nitrogen and oxygen atoms in total. The lowest BCUT2D eigenvalue weighted by Gasteiger charge is -2.07. The molecule has 0 spiro atoms. The highest BCUT2D eigenvalue weighted by molar-refractivity contribution is 5.93. The molecule has 2 atom stereocenters. The first kappa shape index (κ1) is 13.5. The van der Waals surface area contributed by atoms with Crippen molar-refractivity contribution >= 4 is 11.9 Å². The number of alkyl halides is 1. The third kappa shape index (κ3) is 2.92. The van der Waals surface area contributed by atoms with E-state index in [-0.39, 0.29) is 19.6 Å². The monoisotopic (exact) mass is 266 g/mol. The number of carbonyl (C=O) groups is 2. The number of benzene rings is 1. The number of rotatable bonds is 5. The van der Waals surface area contributed by atoms with Crippen molar-refractivity contribution < 1.29 is 23.5 Å². The van der Waals surface area contributed by atoms with Gasteiger partial charge in [-0.2, -0.15) is 0 Å². The van der Waals surface area contributed by atoms with Gasteiger partial charge < -0.3 is 9.47 Å². The molecular weight excluding hydrogens is 251 g/mol. The Hall–Kier alpha value is -1.91. The van der Waals surface area contributed by atoms with Crippen molar-refractivity contribution in [2.45, 2.75) is 25.6 Å². The standard InChI is InChI=1S/C14H15FO4/c1-2-18-13(17)14(15)8-11(14)12(16)19-9-10-6-4-3-5-7-10/h3-7,11H,2,8-9H2,1H3. The van der Waals surface area contributed by atoms with E-state index in [2.05, 4.69) is 4.74 Å². The number of esters is 2. The van der Waals surface area contributed by atoms with Crippen LogP contribution in [0.2, 0.25) is 0 Å². The van der Waals surface area contributed by atoms with Gasteiger partial charge in [0.15, 0.2) is 0 Å². The molecule has 1 saturated carbocycles. The van der Waals surface area contributed by atoms with Gasteiger partial charge in [-0.25, -0.2) is 9.18 Å². The fourth-order valence-electron chi connectivity index (χ4n) is 1.81. The lowest BCUT2D eigenvalue weighted by atomic mass is 10.2. The molecule has 1 aromatic rings. The molecule has 102 valence electrons. The van der Waals surface area contributed by atoms with Gasteiger partial charge in [-0.15, -0.1) is 0 Å². The summed E-state index contributed by atoms with van der Waals surface area (Å²) in [7, 11) is 0. The molecule has 1 aromatic carbocycles. The molecule has 1 aliphatic rings. The number of carbonyl (C=O) groups excluding carboxylic acids is 2. The van der Waals surface area contributed by atoms with Gasteiger partial charge in [-0.3, -0.25) is 4.79 Å². The van der Waals surface area contributed by atoms with Gasteiger partial charge in [0.25, 0.3) is 0 Å². The Morgan fingerprint density at radius 1 is 1.32 bits per heavy atom. The highest BCUT2D eigenvalue weighted by Crippen LogP contribution is 2.49. The van der Waals surface area contributed by atoms with Gasteiger partial charge in [-0.05, 0) is 12.5 Å². The third-order valence-electron chi connectivity index (χ3n) is 3.02. The van der Waals surface area contributed by atoms with Crippen molar-refractivity contribution in [1.29, 1.82) is 0 Å². The fraction of sp³-hybridized carbons (Fsp3) is 0.429. The van der Waals surface area contributed by atoms with Gasteiger partial charge in [-0.1, -0.05) is 30.3 Å². The fourth-order valence-corrected chi connectivity index (χ4v) is 1.81. The smallest absolute Gasteiger partial charge is 0.344 e. The van der Waals surface area contributed by atoms with Gasteiger partial charge in [0.1, 0.15) is 12.5 Å². The molecule has 0 N–H and O–H groups in total. The first-order chi connectivity index (χ1) is 9.08. The predicted molar refractivity (Wildman–Crippen MR) is 64.8 cm³/mol. The Kier molecular flexibility index (Phi) is 3.83. The van der Waals surface area contributed by atoms with Gasteiger partial charge in [0.2, 0.25) is 5.67 Å². The zero-order valence-electron chi connectivity index (χ0n) is 10.6. The minimum Gasteiger partial charge on any atom is -0.464 e. The van der Waals surface area contributed by atoms with E-state index in [1.54, 1.807) is 19.1 Å². The van der Waals surface area contributed by atoms with E-state index >= 15 is 0 Å². The van der Waals surface area contributed by atoms with Gasteiger partial charge >= 0.3 is 11.9 Å². The van der Waals surface area contributed by atoms with Crippen molar-refractivity contribution in [3.8, 4) is 0 Å². The molecule has 2 rings (SSSR count). The molecule has 5 heteroatoms. The molecule has 2 unspecified atom stereocenters. The minimum atomic E-state index is -2.19. The van der Waals surface area contributed by atoms with Crippen molar-refractivity contribution in [3.05, 3.63) is 35.9 Å². The van der Waals surface area contributed by atoms with Crippen molar-refractivity contribution in [2.24, 2.45) is 5.92 Å². The van der Waals surface area contributed by atoms with E-state index in [1.807, 2.05) is 18.2 Å². The number of hydrogen-bond acceptors (Lipinski definition) is 4. The van der Waals surface area contributed by atoms with Crippen LogP contribution in [0.1, 0.15) is 18.9 Å². The number of ether oxygens (including phenoxy) is 2. The summed E-state index contributed by atoms with van der Waals surface area (Å²) in [6.07, 6.45) is -0.153. The lowest BCUT2D eigenvalue weighted by molar-refractivity contribution is -0.157. The molecule has 0 saturated heterocycles. The van der Waals surface area contributed by atoms with E-state index in [0.29, 0.717) is 0 Å². The summed E-state index contributed by atoms with van der Waals surface area (Å²) in [6.45, 7) is 1.76. The van der Waals surface area contributed by atoms with Crippen LogP contribution in [-0.4, -0.2) is 24.2 Å². The molecule has 1 fully saturated rings. The summed E-state index contributed by atoms with van der Waals surface area (Å²) in [5, 5.41) is 0. The maximum atomic E-state index is 13.9. The molecule has 19 heavy (non-hydrogen) atoms. The number of hydrogen-bond donors (Lipinski definition) is 0. The molecule has 0 aliphatic heterocycles. The van der Waals surface area contributed by atoms with Crippen LogP contribution in [0, 0.1) is 5.92 Å². The average Bonchev–Trinajstić information content (AvgIpc) is 3.11. The Bertz CT molecular complexity index is 474. The van der Waals surface area contributed by atoms with Crippen molar-refractivity contribution in [2.75, 3.05) is 6.61 Å². The summed E-state index contributed by atoms with van der Waals surface area (Å²) in [6, 6.07) is 9.08. The second kappa shape index (κ2) is 5.38. The Labute approximate surface area is 110 Å². The predicted octanol–water partition coefficient (Wildman–Crippen LogP) is 2.02. The lowest BCUT2D eigenvalue weighted by Crippen LogP contribution is -2.26. The first-order valence-corrected chi connectivity index (χ1v) is 6.14. The van der Waals surface area contributed by atoms with Crippen LogP contribution >= 0.6 is 0 Å². The van der Waals surface area contributed by atoms with E-state index in [9.17, 15) is 14.0 Å². The largest absolute Gasteiger partial charge is 0.464 e. The zero-order chi connectivity index (χ0) is 13.9. The maximum absolute atomic E-state index is 13.9. The van der Waals surface area contributed by atoms with Gasteiger partial charge in [0.05, 0.1) is 6.61 Å².